The molecule has 0 fully saturated rings. The Bertz CT molecular complexity index is 139. The van der Waals surface area contributed by atoms with Gasteiger partial charge in [0.2, 0.25) is 0 Å². The molecule has 0 saturated carbocycles. The van der Waals surface area contributed by atoms with Crippen molar-refractivity contribution in [3.8, 4) is 0 Å². The SMILES string of the molecule is COC(C)(OC)C(C)=CCBr. The van der Waals surface area contributed by atoms with Gasteiger partial charge in [-0.2, -0.15) is 0 Å². The predicted molar refractivity (Wildman–Crippen MR) is 50.0 cm³/mol. The first-order valence-corrected chi connectivity index (χ1v) is 4.56. The quantitative estimate of drug-likeness (QED) is 0.413. The van der Waals surface area contributed by atoms with E-state index >= 15 is 0 Å². The van der Waals surface area contributed by atoms with E-state index in [1.807, 2.05) is 19.9 Å². The number of halogens is 1. The van der Waals surface area contributed by atoms with Crippen molar-refractivity contribution in [2.75, 3.05) is 19.5 Å². The van der Waals surface area contributed by atoms with Gasteiger partial charge in [-0.3, -0.25) is 0 Å². The number of alkyl halides is 1. The summed E-state index contributed by atoms with van der Waals surface area (Å²) < 4.78 is 10.4. The van der Waals surface area contributed by atoms with Gasteiger partial charge in [0.1, 0.15) is 0 Å². The zero-order valence-corrected chi connectivity index (χ0v) is 9.06. The third-order valence-corrected chi connectivity index (χ3v) is 2.20. The molecule has 0 bridgehead atoms. The smallest absolute Gasteiger partial charge is 0.186 e. The largest absolute Gasteiger partial charge is 0.350 e. The van der Waals surface area contributed by atoms with Crippen molar-refractivity contribution in [1.82, 2.24) is 0 Å². The van der Waals surface area contributed by atoms with E-state index in [0.717, 1.165) is 10.9 Å². The Morgan fingerprint density at radius 2 is 1.91 bits per heavy atom. The van der Waals surface area contributed by atoms with Crippen LogP contribution in [0.2, 0.25) is 0 Å². The summed E-state index contributed by atoms with van der Waals surface area (Å²) in [6.45, 7) is 3.87. The molecule has 0 N–H and O–H groups in total. The molecule has 0 spiro atoms. The highest BCUT2D eigenvalue weighted by atomic mass is 79.9. The molecule has 0 rings (SSSR count). The molecule has 0 aliphatic heterocycles. The highest BCUT2D eigenvalue weighted by Crippen LogP contribution is 2.20. The normalized spacial score (nSPS) is 13.7. The monoisotopic (exact) mass is 222 g/mol. The molecule has 3 heteroatoms. The molecule has 0 aliphatic carbocycles. The van der Waals surface area contributed by atoms with E-state index in [4.69, 9.17) is 9.47 Å². The minimum atomic E-state index is -0.576. The van der Waals surface area contributed by atoms with Crippen LogP contribution in [0.3, 0.4) is 0 Å². The topological polar surface area (TPSA) is 18.5 Å². The first-order chi connectivity index (χ1) is 5.10. The lowest BCUT2D eigenvalue weighted by Crippen LogP contribution is -2.31. The van der Waals surface area contributed by atoms with Gasteiger partial charge in [-0.25, -0.2) is 0 Å². The van der Waals surface area contributed by atoms with E-state index in [1.54, 1.807) is 14.2 Å². The molecule has 0 amide bonds. The van der Waals surface area contributed by atoms with Gasteiger partial charge < -0.3 is 9.47 Å². The molecule has 0 atom stereocenters. The van der Waals surface area contributed by atoms with Crippen LogP contribution in [0, 0.1) is 0 Å². The maximum absolute atomic E-state index is 5.19. The lowest BCUT2D eigenvalue weighted by Gasteiger charge is -2.27. The Hall–Kier alpha value is 0.140. The van der Waals surface area contributed by atoms with Crippen LogP contribution in [0.1, 0.15) is 13.8 Å². The summed E-state index contributed by atoms with van der Waals surface area (Å²) >= 11 is 3.31. The summed E-state index contributed by atoms with van der Waals surface area (Å²) in [5.74, 6) is -0.576. The highest BCUT2D eigenvalue weighted by molar-refractivity contribution is 9.09. The molecular formula is C8H15BrO2. The lowest BCUT2D eigenvalue weighted by atomic mass is 10.1. The molecule has 0 radical (unpaired) electrons. The Kier molecular flexibility index (Phi) is 4.97. The van der Waals surface area contributed by atoms with Crippen molar-refractivity contribution >= 4 is 15.9 Å². The second-order valence-corrected chi connectivity index (χ2v) is 3.04. The van der Waals surface area contributed by atoms with Gasteiger partial charge in [-0.15, -0.1) is 0 Å². The van der Waals surface area contributed by atoms with E-state index in [0.29, 0.717) is 0 Å². The maximum atomic E-state index is 5.19. The zero-order chi connectivity index (χ0) is 8.91. The molecule has 11 heavy (non-hydrogen) atoms. The molecule has 0 heterocycles. The van der Waals surface area contributed by atoms with E-state index in [1.165, 1.54) is 0 Å². The molecule has 0 aromatic carbocycles. The fraction of sp³-hybridized carbons (Fsp3) is 0.750. The first kappa shape index (κ1) is 11.1. The van der Waals surface area contributed by atoms with Crippen LogP contribution in [-0.4, -0.2) is 25.3 Å². The summed E-state index contributed by atoms with van der Waals surface area (Å²) in [6, 6.07) is 0. The summed E-state index contributed by atoms with van der Waals surface area (Å²) in [7, 11) is 3.27. The predicted octanol–water partition coefficient (Wildman–Crippen LogP) is 2.34. The number of hydrogen-bond acceptors (Lipinski definition) is 2. The number of rotatable bonds is 4. The molecule has 2 nitrogen and oxygen atoms in total. The fourth-order valence-corrected chi connectivity index (χ4v) is 1.19. The summed E-state index contributed by atoms with van der Waals surface area (Å²) in [4.78, 5) is 0. The van der Waals surface area contributed by atoms with Crippen molar-refractivity contribution in [2.24, 2.45) is 0 Å². The van der Waals surface area contributed by atoms with E-state index < -0.39 is 5.79 Å². The van der Waals surface area contributed by atoms with Crippen molar-refractivity contribution in [3.05, 3.63) is 11.6 Å². The summed E-state index contributed by atoms with van der Waals surface area (Å²) in [5, 5.41) is 0.821. The number of hydrogen-bond donors (Lipinski definition) is 0. The van der Waals surface area contributed by atoms with Gasteiger partial charge >= 0.3 is 0 Å². The maximum Gasteiger partial charge on any atom is 0.186 e. The Morgan fingerprint density at radius 1 is 1.45 bits per heavy atom. The molecular weight excluding hydrogens is 208 g/mol. The summed E-state index contributed by atoms with van der Waals surface area (Å²) in [6.07, 6.45) is 2.02. The Balaban J connectivity index is 4.36. The zero-order valence-electron chi connectivity index (χ0n) is 7.48. The molecule has 66 valence electrons. The standard InChI is InChI=1S/C8H15BrO2/c1-7(5-6-9)8(2,10-3)11-4/h5H,6H2,1-4H3. The van der Waals surface area contributed by atoms with Crippen LogP contribution in [-0.2, 0) is 9.47 Å². The van der Waals surface area contributed by atoms with Crippen molar-refractivity contribution in [1.29, 1.82) is 0 Å². The average Bonchev–Trinajstić information content (AvgIpc) is 2.03. The Labute approximate surface area is 76.7 Å². The molecule has 0 aromatic rings. The Morgan fingerprint density at radius 3 is 2.18 bits per heavy atom. The minimum absolute atomic E-state index is 0.576. The summed E-state index contributed by atoms with van der Waals surface area (Å²) in [5.41, 5.74) is 1.07. The van der Waals surface area contributed by atoms with Crippen LogP contribution in [0.5, 0.6) is 0 Å². The van der Waals surface area contributed by atoms with Gasteiger partial charge in [0.05, 0.1) is 0 Å². The van der Waals surface area contributed by atoms with Crippen LogP contribution in [0.25, 0.3) is 0 Å². The lowest BCUT2D eigenvalue weighted by molar-refractivity contribution is -0.164. The van der Waals surface area contributed by atoms with Gasteiger partial charge in [-0.1, -0.05) is 22.0 Å². The highest BCUT2D eigenvalue weighted by Gasteiger charge is 2.24. The molecule has 0 aliphatic rings. The van der Waals surface area contributed by atoms with Crippen LogP contribution < -0.4 is 0 Å². The number of methoxy groups -OCH3 is 2. The van der Waals surface area contributed by atoms with Crippen LogP contribution >= 0.6 is 15.9 Å². The van der Waals surface area contributed by atoms with Crippen molar-refractivity contribution in [3.63, 3.8) is 0 Å². The van der Waals surface area contributed by atoms with Crippen molar-refractivity contribution in [2.45, 2.75) is 19.6 Å². The second-order valence-electron chi connectivity index (χ2n) is 2.40. The van der Waals surface area contributed by atoms with Crippen molar-refractivity contribution < 1.29 is 9.47 Å². The average molecular weight is 223 g/mol. The van der Waals surface area contributed by atoms with E-state index in [2.05, 4.69) is 15.9 Å². The van der Waals surface area contributed by atoms with Gasteiger partial charge in [-0.05, 0) is 19.4 Å². The third kappa shape index (κ3) is 2.93. The van der Waals surface area contributed by atoms with E-state index in [-0.39, 0.29) is 0 Å². The second kappa shape index (κ2) is 4.91. The van der Waals surface area contributed by atoms with Crippen LogP contribution in [0.4, 0.5) is 0 Å². The fourth-order valence-electron chi connectivity index (χ4n) is 0.706. The molecule has 0 aromatic heterocycles. The van der Waals surface area contributed by atoms with Gasteiger partial charge in [0.25, 0.3) is 0 Å². The molecule has 0 saturated heterocycles. The third-order valence-electron chi connectivity index (χ3n) is 1.88. The van der Waals surface area contributed by atoms with Gasteiger partial charge in [0.15, 0.2) is 5.79 Å². The van der Waals surface area contributed by atoms with Crippen LogP contribution in [0.15, 0.2) is 11.6 Å². The number of allylic oxidation sites excluding steroid dienone is 1. The van der Waals surface area contributed by atoms with Gasteiger partial charge in [0, 0.05) is 19.5 Å². The minimum Gasteiger partial charge on any atom is -0.350 e. The first-order valence-electron chi connectivity index (χ1n) is 3.44. The molecule has 0 unspecified atom stereocenters. The number of ether oxygens (including phenoxy) is 2. The van der Waals surface area contributed by atoms with E-state index in [9.17, 15) is 0 Å².